The minimum atomic E-state index is -0.959. The third kappa shape index (κ3) is 4.71. The Morgan fingerprint density at radius 2 is 1.70 bits per heavy atom. The Morgan fingerprint density at radius 1 is 1.15 bits per heavy atom. The Morgan fingerprint density at radius 3 is 2.15 bits per heavy atom. The van der Waals surface area contributed by atoms with Crippen LogP contribution < -0.4 is 5.32 Å². The van der Waals surface area contributed by atoms with Gasteiger partial charge < -0.3 is 5.32 Å². The standard InChI is InChI=1S/C17H29NOS/c1-7-12-18-13(2)14(3)20(19)16-10-8-15(9-11-16)17(4,5)6/h8-11,13-14,18H,7,12H2,1-6H3. The van der Waals surface area contributed by atoms with Gasteiger partial charge in [-0.2, -0.15) is 0 Å². The highest BCUT2D eigenvalue weighted by atomic mass is 32.2. The zero-order valence-electron chi connectivity index (χ0n) is 13.7. The first-order valence-electron chi connectivity index (χ1n) is 7.52. The predicted octanol–water partition coefficient (Wildman–Crippen LogP) is 3.87. The van der Waals surface area contributed by atoms with Crippen molar-refractivity contribution in [2.24, 2.45) is 0 Å². The van der Waals surface area contributed by atoms with Crippen molar-refractivity contribution in [1.29, 1.82) is 0 Å². The molecular weight excluding hydrogens is 266 g/mol. The van der Waals surface area contributed by atoms with Crippen LogP contribution in [0.4, 0.5) is 0 Å². The fourth-order valence-corrected chi connectivity index (χ4v) is 3.33. The lowest BCUT2D eigenvalue weighted by Crippen LogP contribution is -2.38. The van der Waals surface area contributed by atoms with E-state index in [1.54, 1.807) is 0 Å². The van der Waals surface area contributed by atoms with Crippen molar-refractivity contribution in [2.45, 2.75) is 69.6 Å². The molecule has 1 aromatic carbocycles. The van der Waals surface area contributed by atoms with Gasteiger partial charge in [-0.3, -0.25) is 4.21 Å². The highest BCUT2D eigenvalue weighted by Gasteiger charge is 2.20. The topological polar surface area (TPSA) is 29.1 Å². The lowest BCUT2D eigenvalue weighted by atomic mass is 9.87. The van der Waals surface area contributed by atoms with E-state index in [0.29, 0.717) is 0 Å². The maximum Gasteiger partial charge on any atom is 0.0573 e. The minimum absolute atomic E-state index is 0.113. The summed E-state index contributed by atoms with van der Waals surface area (Å²) in [4.78, 5) is 0.927. The van der Waals surface area contributed by atoms with Gasteiger partial charge in [-0.15, -0.1) is 0 Å². The molecule has 114 valence electrons. The maximum absolute atomic E-state index is 12.6. The van der Waals surface area contributed by atoms with Gasteiger partial charge in [0, 0.05) is 10.9 Å². The molecule has 3 atom stereocenters. The van der Waals surface area contributed by atoms with E-state index in [9.17, 15) is 4.21 Å². The van der Waals surface area contributed by atoms with E-state index in [1.165, 1.54) is 5.56 Å². The summed E-state index contributed by atoms with van der Waals surface area (Å²) in [7, 11) is -0.959. The first-order valence-corrected chi connectivity index (χ1v) is 8.73. The van der Waals surface area contributed by atoms with Gasteiger partial charge in [0.25, 0.3) is 0 Å². The Bertz CT molecular complexity index is 433. The summed E-state index contributed by atoms with van der Waals surface area (Å²) in [5.74, 6) is 0. The molecule has 1 rings (SSSR count). The van der Waals surface area contributed by atoms with Crippen LogP contribution in [-0.2, 0) is 16.2 Å². The molecule has 1 N–H and O–H groups in total. The van der Waals surface area contributed by atoms with Gasteiger partial charge >= 0.3 is 0 Å². The minimum Gasteiger partial charge on any atom is -0.313 e. The largest absolute Gasteiger partial charge is 0.313 e. The van der Waals surface area contributed by atoms with E-state index < -0.39 is 10.8 Å². The number of hydrogen-bond acceptors (Lipinski definition) is 2. The van der Waals surface area contributed by atoms with Gasteiger partial charge in [0.15, 0.2) is 0 Å². The molecule has 0 saturated carbocycles. The SMILES string of the molecule is CCCNC(C)C(C)S(=O)c1ccc(C(C)(C)C)cc1. The van der Waals surface area contributed by atoms with Crippen molar-refractivity contribution in [1.82, 2.24) is 5.32 Å². The summed E-state index contributed by atoms with van der Waals surface area (Å²) >= 11 is 0. The van der Waals surface area contributed by atoms with Gasteiger partial charge in [-0.1, -0.05) is 39.8 Å². The van der Waals surface area contributed by atoms with Gasteiger partial charge in [-0.05, 0) is 49.9 Å². The summed E-state index contributed by atoms with van der Waals surface area (Å²) < 4.78 is 12.6. The number of benzene rings is 1. The van der Waals surface area contributed by atoms with E-state index in [2.05, 4.69) is 59.0 Å². The molecule has 2 nitrogen and oxygen atoms in total. The van der Waals surface area contributed by atoms with E-state index in [0.717, 1.165) is 17.9 Å². The van der Waals surface area contributed by atoms with Gasteiger partial charge in [-0.25, -0.2) is 0 Å². The van der Waals surface area contributed by atoms with Crippen LogP contribution in [0.3, 0.4) is 0 Å². The first-order chi connectivity index (χ1) is 9.27. The lowest BCUT2D eigenvalue weighted by Gasteiger charge is -2.22. The molecular formula is C17H29NOS. The quantitative estimate of drug-likeness (QED) is 0.863. The Balaban J connectivity index is 2.77. The number of nitrogens with one attached hydrogen (secondary N) is 1. The van der Waals surface area contributed by atoms with Gasteiger partial charge in [0.2, 0.25) is 0 Å². The molecule has 0 heterocycles. The molecule has 3 unspecified atom stereocenters. The Hall–Kier alpha value is -0.670. The third-order valence-electron chi connectivity index (χ3n) is 3.71. The molecule has 1 aromatic rings. The smallest absolute Gasteiger partial charge is 0.0573 e. The van der Waals surface area contributed by atoms with E-state index in [-0.39, 0.29) is 16.7 Å². The van der Waals surface area contributed by atoms with Crippen LogP contribution in [0.15, 0.2) is 29.2 Å². The lowest BCUT2D eigenvalue weighted by molar-refractivity contribution is 0.531. The molecule has 0 saturated heterocycles. The predicted molar refractivity (Wildman–Crippen MR) is 88.8 cm³/mol. The first kappa shape index (κ1) is 17.4. The van der Waals surface area contributed by atoms with Gasteiger partial charge in [0.1, 0.15) is 0 Å². The summed E-state index contributed by atoms with van der Waals surface area (Å²) in [6.07, 6.45) is 1.10. The number of rotatable bonds is 6. The van der Waals surface area contributed by atoms with Crippen LogP contribution in [-0.4, -0.2) is 22.0 Å². The Labute approximate surface area is 126 Å². The van der Waals surface area contributed by atoms with Crippen LogP contribution in [0.25, 0.3) is 0 Å². The van der Waals surface area contributed by atoms with Gasteiger partial charge in [0.05, 0.1) is 16.0 Å². The van der Waals surface area contributed by atoms with Crippen LogP contribution in [0, 0.1) is 0 Å². The monoisotopic (exact) mass is 295 g/mol. The fraction of sp³-hybridized carbons (Fsp3) is 0.647. The van der Waals surface area contributed by atoms with Crippen molar-refractivity contribution in [2.75, 3.05) is 6.54 Å². The molecule has 0 amide bonds. The average molecular weight is 295 g/mol. The molecule has 0 bridgehead atoms. The molecule has 20 heavy (non-hydrogen) atoms. The Kier molecular flexibility index (Phi) is 6.41. The number of hydrogen-bond donors (Lipinski definition) is 1. The molecule has 0 aliphatic carbocycles. The fourth-order valence-electron chi connectivity index (χ4n) is 2.03. The van der Waals surface area contributed by atoms with Crippen molar-refractivity contribution >= 4 is 10.8 Å². The van der Waals surface area contributed by atoms with Crippen molar-refractivity contribution < 1.29 is 4.21 Å². The summed E-state index contributed by atoms with van der Waals surface area (Å²) in [5.41, 5.74) is 1.42. The van der Waals surface area contributed by atoms with Crippen LogP contribution in [0.2, 0.25) is 0 Å². The summed E-state index contributed by atoms with van der Waals surface area (Å²) in [6.45, 7) is 13.9. The van der Waals surface area contributed by atoms with Crippen LogP contribution in [0.5, 0.6) is 0 Å². The summed E-state index contributed by atoms with van der Waals surface area (Å²) in [6, 6.07) is 8.49. The summed E-state index contributed by atoms with van der Waals surface area (Å²) in [5, 5.41) is 3.54. The normalized spacial score (nSPS) is 16.7. The van der Waals surface area contributed by atoms with Crippen LogP contribution >= 0.6 is 0 Å². The van der Waals surface area contributed by atoms with E-state index in [1.807, 2.05) is 12.1 Å². The second-order valence-corrected chi connectivity index (χ2v) is 8.33. The average Bonchev–Trinajstić information content (AvgIpc) is 2.42. The molecule has 0 aromatic heterocycles. The molecule has 0 aliphatic rings. The second kappa shape index (κ2) is 7.37. The molecule has 0 spiro atoms. The van der Waals surface area contributed by atoms with E-state index >= 15 is 0 Å². The zero-order valence-corrected chi connectivity index (χ0v) is 14.5. The molecule has 0 radical (unpaired) electrons. The highest BCUT2D eigenvalue weighted by molar-refractivity contribution is 7.85. The molecule has 3 heteroatoms. The third-order valence-corrected chi connectivity index (χ3v) is 5.53. The molecule has 0 fully saturated rings. The van der Waals surface area contributed by atoms with Crippen LogP contribution in [0.1, 0.15) is 53.5 Å². The second-order valence-electron chi connectivity index (χ2n) is 6.52. The maximum atomic E-state index is 12.6. The van der Waals surface area contributed by atoms with Crippen molar-refractivity contribution in [3.63, 3.8) is 0 Å². The highest BCUT2D eigenvalue weighted by Crippen LogP contribution is 2.24. The molecule has 0 aliphatic heterocycles. The van der Waals surface area contributed by atoms with E-state index in [4.69, 9.17) is 0 Å². The zero-order chi connectivity index (χ0) is 15.3. The van der Waals surface area contributed by atoms with Crippen molar-refractivity contribution in [3.05, 3.63) is 29.8 Å². The van der Waals surface area contributed by atoms with Crippen molar-refractivity contribution in [3.8, 4) is 0 Å².